The maximum absolute atomic E-state index is 12.8. The van der Waals surface area contributed by atoms with Crippen LogP contribution in [0.5, 0.6) is 0 Å². The number of nitrogen functional groups attached to an aromatic ring is 1. The molecule has 2 aromatic heterocycles. The minimum absolute atomic E-state index is 0.00600. The minimum atomic E-state index is -0.563. The van der Waals surface area contributed by atoms with Crippen molar-refractivity contribution in [2.24, 2.45) is 0 Å². The normalized spacial score (nSPS) is 10.8. The second-order valence-corrected chi connectivity index (χ2v) is 6.51. The molecule has 3 N–H and O–H groups in total. The number of hydrogen-bond acceptors (Lipinski definition) is 9. The van der Waals surface area contributed by atoms with E-state index in [1.165, 1.54) is 29.1 Å². The molecule has 11 nitrogen and oxygen atoms in total. The fourth-order valence-electron chi connectivity index (χ4n) is 2.92. The van der Waals surface area contributed by atoms with Gasteiger partial charge in [0.2, 0.25) is 11.9 Å². The highest BCUT2D eigenvalue weighted by Crippen LogP contribution is 2.18. The number of nitrogens with zero attached hydrogens (tertiary/aromatic N) is 6. The largest absolute Gasteiger partial charge is 0.368 e. The van der Waals surface area contributed by atoms with Gasteiger partial charge in [-0.3, -0.25) is 19.5 Å². The molecule has 0 spiro atoms. The number of rotatable bonds is 5. The van der Waals surface area contributed by atoms with E-state index < -0.39 is 10.5 Å². The number of benzene rings is 2. The highest BCUT2D eigenvalue weighted by atomic mass is 16.6. The molecule has 0 radical (unpaired) electrons. The molecule has 0 amide bonds. The van der Waals surface area contributed by atoms with Gasteiger partial charge in [-0.1, -0.05) is 18.2 Å². The van der Waals surface area contributed by atoms with Crippen LogP contribution in [-0.4, -0.2) is 29.4 Å². The highest BCUT2D eigenvalue weighted by molar-refractivity contribution is 5.79. The number of anilines is 3. The summed E-state index contributed by atoms with van der Waals surface area (Å²) in [5.41, 5.74) is 7.34. The fraction of sp³-hybridized carbons (Fsp3) is 0.105. The summed E-state index contributed by atoms with van der Waals surface area (Å²) < 4.78 is 1.26. The Balaban J connectivity index is 1.69. The van der Waals surface area contributed by atoms with Crippen LogP contribution in [0.2, 0.25) is 0 Å². The van der Waals surface area contributed by atoms with Crippen LogP contribution in [0.1, 0.15) is 11.4 Å². The van der Waals surface area contributed by atoms with Gasteiger partial charge in [0, 0.05) is 17.8 Å². The van der Waals surface area contributed by atoms with E-state index in [1.54, 1.807) is 0 Å². The first kappa shape index (κ1) is 18.9. The molecular weight excluding hydrogens is 388 g/mol. The Morgan fingerprint density at radius 2 is 1.97 bits per heavy atom. The van der Waals surface area contributed by atoms with Crippen molar-refractivity contribution in [1.82, 2.24) is 24.5 Å². The minimum Gasteiger partial charge on any atom is -0.368 e. The van der Waals surface area contributed by atoms with Crippen molar-refractivity contribution in [2.45, 2.75) is 13.5 Å². The van der Waals surface area contributed by atoms with Gasteiger partial charge in [-0.15, -0.1) is 0 Å². The standard InChI is InChI=1S/C19H16N8O3/c1-11-4-2-3-5-14(11)22-19-24-16(23-18(20)25-19)9-26-10-21-15-7-6-12(27(29)30)8-13(15)17(26)28/h2-8,10H,9H2,1H3,(H3,20,22,23,24,25). The van der Waals surface area contributed by atoms with E-state index >= 15 is 0 Å². The van der Waals surface area contributed by atoms with Gasteiger partial charge in [-0.05, 0) is 24.6 Å². The van der Waals surface area contributed by atoms with Gasteiger partial charge in [0.1, 0.15) is 0 Å². The summed E-state index contributed by atoms with van der Waals surface area (Å²) in [6.07, 6.45) is 1.34. The number of nitrogens with one attached hydrogen (secondary N) is 1. The van der Waals surface area contributed by atoms with Crippen LogP contribution in [-0.2, 0) is 6.54 Å². The summed E-state index contributed by atoms with van der Waals surface area (Å²) in [5, 5.41) is 14.2. The van der Waals surface area contributed by atoms with Gasteiger partial charge in [-0.2, -0.15) is 15.0 Å². The SMILES string of the molecule is Cc1ccccc1Nc1nc(N)nc(Cn2cnc3ccc([N+](=O)[O-])cc3c2=O)n1. The third-order valence-electron chi connectivity index (χ3n) is 4.42. The Bertz CT molecular complexity index is 1340. The lowest BCUT2D eigenvalue weighted by Gasteiger charge is -2.10. The molecule has 2 heterocycles. The number of non-ortho nitro benzene ring substituents is 1. The summed E-state index contributed by atoms with van der Waals surface area (Å²) in [6.45, 7) is 1.91. The molecule has 2 aromatic carbocycles. The summed E-state index contributed by atoms with van der Waals surface area (Å²) in [5.74, 6) is 0.477. The first-order chi connectivity index (χ1) is 14.4. The number of para-hydroxylation sites is 1. The van der Waals surface area contributed by atoms with E-state index in [2.05, 4.69) is 25.3 Å². The van der Waals surface area contributed by atoms with Crippen molar-refractivity contribution in [3.05, 3.63) is 80.6 Å². The molecule has 0 atom stereocenters. The molecule has 0 fully saturated rings. The zero-order valence-corrected chi connectivity index (χ0v) is 15.8. The average Bonchev–Trinajstić information content (AvgIpc) is 2.71. The van der Waals surface area contributed by atoms with Crippen molar-refractivity contribution in [3.63, 3.8) is 0 Å². The number of fused-ring (bicyclic) bond motifs is 1. The first-order valence-corrected chi connectivity index (χ1v) is 8.87. The van der Waals surface area contributed by atoms with Crippen LogP contribution >= 0.6 is 0 Å². The molecular formula is C19H16N8O3. The molecule has 0 saturated heterocycles. The number of hydrogen-bond donors (Lipinski definition) is 2. The van der Waals surface area contributed by atoms with E-state index in [4.69, 9.17) is 5.73 Å². The van der Waals surface area contributed by atoms with Crippen LogP contribution in [0.4, 0.5) is 23.3 Å². The van der Waals surface area contributed by atoms with Crippen molar-refractivity contribution in [3.8, 4) is 0 Å². The molecule has 30 heavy (non-hydrogen) atoms. The topological polar surface area (TPSA) is 155 Å². The molecule has 0 bridgehead atoms. The molecule has 0 unspecified atom stereocenters. The maximum Gasteiger partial charge on any atom is 0.270 e. The number of nitro benzene ring substituents is 1. The molecule has 4 aromatic rings. The molecule has 0 aliphatic rings. The van der Waals surface area contributed by atoms with Gasteiger partial charge in [0.25, 0.3) is 11.2 Å². The Hall–Kier alpha value is -4.41. The van der Waals surface area contributed by atoms with Crippen molar-refractivity contribution in [1.29, 1.82) is 0 Å². The number of aryl methyl sites for hydroxylation is 1. The quantitative estimate of drug-likeness (QED) is 0.376. The van der Waals surface area contributed by atoms with E-state index in [1.807, 2.05) is 31.2 Å². The highest BCUT2D eigenvalue weighted by Gasteiger charge is 2.13. The number of nitrogens with two attached hydrogens (primary N) is 1. The van der Waals surface area contributed by atoms with Crippen molar-refractivity contribution in [2.75, 3.05) is 11.1 Å². The lowest BCUT2D eigenvalue weighted by atomic mass is 10.2. The predicted octanol–water partition coefficient (Wildman–Crippen LogP) is 2.17. The fourth-order valence-corrected chi connectivity index (χ4v) is 2.92. The Kier molecular flexibility index (Phi) is 4.76. The average molecular weight is 404 g/mol. The van der Waals surface area contributed by atoms with Crippen LogP contribution in [0.25, 0.3) is 10.9 Å². The summed E-state index contributed by atoms with van der Waals surface area (Å²) in [4.78, 5) is 39.9. The summed E-state index contributed by atoms with van der Waals surface area (Å²) in [6, 6.07) is 11.5. The monoisotopic (exact) mass is 404 g/mol. The van der Waals surface area contributed by atoms with Crippen molar-refractivity contribution < 1.29 is 4.92 Å². The Labute approximate surface area is 169 Å². The van der Waals surface area contributed by atoms with Gasteiger partial charge < -0.3 is 11.1 Å². The Morgan fingerprint density at radius 1 is 1.17 bits per heavy atom. The second-order valence-electron chi connectivity index (χ2n) is 6.51. The molecule has 4 rings (SSSR count). The van der Waals surface area contributed by atoms with Gasteiger partial charge >= 0.3 is 0 Å². The van der Waals surface area contributed by atoms with E-state index in [0.717, 1.165) is 11.3 Å². The van der Waals surface area contributed by atoms with E-state index in [9.17, 15) is 14.9 Å². The molecule has 150 valence electrons. The van der Waals surface area contributed by atoms with E-state index in [0.29, 0.717) is 5.52 Å². The van der Waals surface area contributed by atoms with Gasteiger partial charge in [0.05, 0.1) is 28.7 Å². The van der Waals surface area contributed by atoms with Crippen molar-refractivity contribution >= 4 is 34.2 Å². The smallest absolute Gasteiger partial charge is 0.270 e. The van der Waals surface area contributed by atoms with Crippen LogP contribution < -0.4 is 16.6 Å². The zero-order valence-electron chi connectivity index (χ0n) is 15.8. The zero-order chi connectivity index (χ0) is 21.3. The number of aromatic nitrogens is 5. The maximum atomic E-state index is 12.8. The molecule has 11 heteroatoms. The number of nitro groups is 1. The van der Waals surface area contributed by atoms with Crippen LogP contribution in [0.15, 0.2) is 53.6 Å². The van der Waals surface area contributed by atoms with Crippen LogP contribution in [0.3, 0.4) is 0 Å². The lowest BCUT2D eigenvalue weighted by molar-refractivity contribution is -0.384. The third kappa shape index (κ3) is 3.76. The van der Waals surface area contributed by atoms with Gasteiger partial charge in [-0.25, -0.2) is 4.98 Å². The summed E-state index contributed by atoms with van der Waals surface area (Å²) >= 11 is 0. The third-order valence-corrected chi connectivity index (χ3v) is 4.42. The predicted molar refractivity (Wildman–Crippen MR) is 110 cm³/mol. The molecule has 0 aliphatic carbocycles. The molecule has 0 aliphatic heterocycles. The van der Waals surface area contributed by atoms with E-state index in [-0.39, 0.29) is 35.3 Å². The summed E-state index contributed by atoms with van der Waals surface area (Å²) in [7, 11) is 0. The van der Waals surface area contributed by atoms with Crippen LogP contribution in [0, 0.1) is 17.0 Å². The lowest BCUT2D eigenvalue weighted by Crippen LogP contribution is -2.23. The second kappa shape index (κ2) is 7.54. The molecule has 0 saturated carbocycles. The first-order valence-electron chi connectivity index (χ1n) is 8.87. The Morgan fingerprint density at radius 3 is 2.73 bits per heavy atom. The van der Waals surface area contributed by atoms with Gasteiger partial charge in [0.15, 0.2) is 5.82 Å².